The summed E-state index contributed by atoms with van der Waals surface area (Å²) in [6.07, 6.45) is 8.70. The number of aldehydes is 1. The quantitative estimate of drug-likeness (QED) is 0.369. The summed E-state index contributed by atoms with van der Waals surface area (Å²) in [5.41, 5.74) is 2.54. The van der Waals surface area contributed by atoms with E-state index in [4.69, 9.17) is 4.74 Å². The predicted molar refractivity (Wildman–Crippen MR) is 97.9 cm³/mol. The Morgan fingerprint density at radius 1 is 1.36 bits per heavy atom. The largest absolute Gasteiger partial charge is 0.443 e. The van der Waals surface area contributed by atoms with Crippen molar-refractivity contribution in [3.05, 3.63) is 11.8 Å². The second-order valence-electron chi connectivity index (χ2n) is 7.03. The molecule has 0 unspecified atom stereocenters. The zero-order chi connectivity index (χ0) is 18.4. The van der Waals surface area contributed by atoms with Crippen LogP contribution in [0.15, 0.2) is 11.4 Å². The lowest BCUT2D eigenvalue weighted by atomic mass is 9.95. The third-order valence-corrected chi connectivity index (χ3v) is 4.42. The fourth-order valence-electron chi connectivity index (χ4n) is 2.80. The van der Waals surface area contributed by atoms with Crippen molar-refractivity contribution < 1.29 is 14.3 Å². The van der Waals surface area contributed by atoms with Crippen LogP contribution in [0.5, 0.6) is 0 Å². The number of aromatic nitrogens is 2. The van der Waals surface area contributed by atoms with Crippen molar-refractivity contribution in [3.63, 3.8) is 0 Å². The van der Waals surface area contributed by atoms with E-state index in [1.807, 2.05) is 27.0 Å². The van der Waals surface area contributed by atoms with Gasteiger partial charge in [-0.25, -0.2) is 20.2 Å². The first-order valence-electron chi connectivity index (χ1n) is 8.49. The molecule has 0 radical (unpaired) electrons. The molecule has 1 N–H and O–H groups in total. The minimum Gasteiger partial charge on any atom is -0.443 e. The van der Waals surface area contributed by atoms with Gasteiger partial charge >= 0.3 is 6.09 Å². The number of carbonyl (C=O) groups excluding carboxylic acids is 2. The Labute approximate surface area is 152 Å². The molecular formula is C17H26N4O3S. The number of amides is 1. The molecule has 0 aliphatic heterocycles. The van der Waals surface area contributed by atoms with Crippen LogP contribution in [0.4, 0.5) is 10.6 Å². The molecule has 1 heterocycles. The summed E-state index contributed by atoms with van der Waals surface area (Å²) in [5.74, 6) is 0.423. The Balaban J connectivity index is 2.33. The molecule has 2 rings (SSSR count). The zero-order valence-corrected chi connectivity index (χ0v) is 16.1. The Morgan fingerprint density at radius 2 is 2.04 bits per heavy atom. The summed E-state index contributed by atoms with van der Waals surface area (Å²) in [5, 5.41) is 2.24. The van der Waals surface area contributed by atoms with Gasteiger partial charge in [-0.1, -0.05) is 31.0 Å². The van der Waals surface area contributed by atoms with Gasteiger partial charge in [0.05, 0.1) is 11.6 Å². The van der Waals surface area contributed by atoms with E-state index in [0.29, 0.717) is 22.8 Å². The van der Waals surface area contributed by atoms with Crippen LogP contribution in [0.25, 0.3) is 0 Å². The lowest BCUT2D eigenvalue weighted by Gasteiger charge is -2.36. The van der Waals surface area contributed by atoms with E-state index >= 15 is 0 Å². The molecule has 1 fully saturated rings. The second-order valence-corrected chi connectivity index (χ2v) is 7.80. The molecule has 138 valence electrons. The third kappa shape index (κ3) is 5.59. The number of hydrogen-bond donors (Lipinski definition) is 1. The molecule has 25 heavy (non-hydrogen) atoms. The molecule has 1 aromatic rings. The lowest BCUT2D eigenvalue weighted by Crippen LogP contribution is -2.51. The molecule has 1 aliphatic rings. The van der Waals surface area contributed by atoms with Crippen molar-refractivity contribution in [1.29, 1.82) is 0 Å². The highest BCUT2D eigenvalue weighted by atomic mass is 32.2. The number of ether oxygens (including phenoxy) is 1. The van der Waals surface area contributed by atoms with Gasteiger partial charge < -0.3 is 4.74 Å². The Hall–Kier alpha value is -1.83. The molecule has 0 saturated heterocycles. The number of hydrogen-bond acceptors (Lipinski definition) is 7. The molecule has 8 heteroatoms. The number of nitrogens with zero attached hydrogens (tertiary/aromatic N) is 3. The standard InChI is InChI=1S/C17H26N4O3S/c1-17(2,3)24-16(23)20-21(13-8-6-5-7-9-13)14-12(11-22)10-18-15(19-14)25-4/h10-11,13H,5-9H2,1-4H3,(H,20,23). The van der Waals surface area contributed by atoms with Crippen LogP contribution in [0.3, 0.4) is 0 Å². The van der Waals surface area contributed by atoms with Crippen molar-refractivity contribution in [2.75, 3.05) is 11.3 Å². The molecule has 1 saturated carbocycles. The van der Waals surface area contributed by atoms with Gasteiger partial charge in [0.15, 0.2) is 17.3 Å². The maximum atomic E-state index is 12.3. The molecule has 0 atom stereocenters. The van der Waals surface area contributed by atoms with Crippen LogP contribution in [0.2, 0.25) is 0 Å². The Kier molecular flexibility index (Phi) is 6.64. The number of thioether (sulfide) groups is 1. The first kappa shape index (κ1) is 19.5. The summed E-state index contributed by atoms with van der Waals surface area (Å²) in [6, 6.07) is 0.0737. The summed E-state index contributed by atoms with van der Waals surface area (Å²) >= 11 is 1.39. The Morgan fingerprint density at radius 3 is 2.60 bits per heavy atom. The maximum absolute atomic E-state index is 12.3. The highest BCUT2D eigenvalue weighted by molar-refractivity contribution is 7.98. The first-order valence-corrected chi connectivity index (χ1v) is 9.71. The lowest BCUT2D eigenvalue weighted by molar-refractivity contribution is 0.0510. The van der Waals surface area contributed by atoms with Crippen LogP contribution in [0.1, 0.15) is 63.2 Å². The predicted octanol–water partition coefficient (Wildman–Crippen LogP) is 3.59. The summed E-state index contributed by atoms with van der Waals surface area (Å²) in [4.78, 5) is 32.4. The topological polar surface area (TPSA) is 84.4 Å². The second kappa shape index (κ2) is 8.51. The van der Waals surface area contributed by atoms with Crippen LogP contribution < -0.4 is 10.4 Å². The summed E-state index contributed by atoms with van der Waals surface area (Å²) in [7, 11) is 0. The van der Waals surface area contributed by atoms with E-state index in [1.165, 1.54) is 24.4 Å². The van der Waals surface area contributed by atoms with Crippen molar-refractivity contribution in [3.8, 4) is 0 Å². The third-order valence-electron chi connectivity index (χ3n) is 3.86. The van der Waals surface area contributed by atoms with Crippen LogP contribution in [-0.2, 0) is 4.74 Å². The molecular weight excluding hydrogens is 340 g/mol. The van der Waals surface area contributed by atoms with Gasteiger partial charge in [-0.2, -0.15) is 0 Å². The molecule has 0 bridgehead atoms. The van der Waals surface area contributed by atoms with Crippen LogP contribution in [-0.4, -0.2) is 40.2 Å². The number of hydrazine groups is 1. The van der Waals surface area contributed by atoms with Crippen molar-refractivity contribution in [1.82, 2.24) is 15.4 Å². The van der Waals surface area contributed by atoms with Crippen LogP contribution >= 0.6 is 11.8 Å². The maximum Gasteiger partial charge on any atom is 0.426 e. The molecule has 0 spiro atoms. The highest BCUT2D eigenvalue weighted by Gasteiger charge is 2.28. The fraction of sp³-hybridized carbons (Fsp3) is 0.647. The van der Waals surface area contributed by atoms with Gasteiger partial charge in [0.2, 0.25) is 0 Å². The van der Waals surface area contributed by atoms with Gasteiger partial charge in [0.1, 0.15) is 5.60 Å². The molecule has 1 aromatic heterocycles. The average Bonchev–Trinajstić information content (AvgIpc) is 2.58. The molecule has 0 aromatic carbocycles. The number of nitrogens with one attached hydrogen (secondary N) is 1. The minimum absolute atomic E-state index is 0.0737. The minimum atomic E-state index is -0.605. The fourth-order valence-corrected chi connectivity index (χ4v) is 3.13. The van der Waals surface area contributed by atoms with E-state index in [-0.39, 0.29) is 6.04 Å². The smallest absolute Gasteiger partial charge is 0.426 e. The normalized spacial score (nSPS) is 15.5. The van der Waals surface area contributed by atoms with Gasteiger partial charge in [-0.05, 0) is 39.9 Å². The van der Waals surface area contributed by atoms with Gasteiger partial charge in [0, 0.05) is 6.20 Å². The number of carbonyl (C=O) groups is 2. The van der Waals surface area contributed by atoms with Crippen LogP contribution in [0, 0.1) is 0 Å². The molecule has 1 aliphatic carbocycles. The van der Waals surface area contributed by atoms with E-state index in [2.05, 4.69) is 15.4 Å². The van der Waals surface area contributed by atoms with E-state index in [1.54, 1.807) is 5.01 Å². The van der Waals surface area contributed by atoms with E-state index in [0.717, 1.165) is 25.7 Å². The average molecular weight is 366 g/mol. The van der Waals surface area contributed by atoms with Crippen molar-refractivity contribution in [2.24, 2.45) is 0 Å². The molecule has 7 nitrogen and oxygen atoms in total. The summed E-state index contributed by atoms with van der Waals surface area (Å²) in [6.45, 7) is 5.43. The first-order chi connectivity index (χ1) is 11.8. The van der Waals surface area contributed by atoms with Crippen molar-refractivity contribution >= 4 is 30.0 Å². The van der Waals surface area contributed by atoms with E-state index < -0.39 is 11.7 Å². The molecule has 1 amide bonds. The highest BCUT2D eigenvalue weighted by Crippen LogP contribution is 2.27. The monoisotopic (exact) mass is 366 g/mol. The number of rotatable bonds is 5. The zero-order valence-electron chi connectivity index (χ0n) is 15.2. The SMILES string of the molecule is CSc1ncc(C=O)c(N(NC(=O)OC(C)(C)C)C2CCCCC2)n1. The van der Waals surface area contributed by atoms with Gasteiger partial charge in [-0.15, -0.1) is 0 Å². The van der Waals surface area contributed by atoms with Crippen molar-refractivity contribution in [2.45, 2.75) is 69.7 Å². The van der Waals surface area contributed by atoms with Gasteiger partial charge in [0.25, 0.3) is 0 Å². The number of anilines is 1. The Bertz CT molecular complexity index is 612. The summed E-state index contributed by atoms with van der Waals surface area (Å²) < 4.78 is 5.38. The van der Waals surface area contributed by atoms with Gasteiger partial charge in [-0.3, -0.25) is 9.80 Å². The van der Waals surface area contributed by atoms with E-state index in [9.17, 15) is 9.59 Å².